The molecule has 0 amide bonds. The maximum atomic E-state index is 9.86. The van der Waals surface area contributed by atoms with Gasteiger partial charge in [0, 0.05) is 6.04 Å². The molecule has 1 aromatic carbocycles. The lowest BCUT2D eigenvalue weighted by molar-refractivity contribution is 0.157. The van der Waals surface area contributed by atoms with Crippen LogP contribution >= 0.6 is 23.2 Å². The van der Waals surface area contributed by atoms with Crippen LogP contribution in [0.1, 0.15) is 31.4 Å². The van der Waals surface area contributed by atoms with E-state index in [1.54, 1.807) is 18.2 Å². The highest BCUT2D eigenvalue weighted by molar-refractivity contribution is 6.42. The lowest BCUT2D eigenvalue weighted by atomic mass is 10.0. The van der Waals surface area contributed by atoms with E-state index in [-0.39, 0.29) is 6.04 Å². The smallest absolute Gasteiger partial charge is 0.0805 e. The molecule has 0 aromatic heterocycles. The Balaban J connectivity index is 2.73. The van der Waals surface area contributed by atoms with E-state index < -0.39 is 6.10 Å². The molecule has 0 saturated carbocycles. The minimum absolute atomic E-state index is 0.00875. The number of benzene rings is 1. The fourth-order valence-corrected chi connectivity index (χ4v) is 1.62. The molecule has 0 aliphatic heterocycles. The topological polar surface area (TPSA) is 46.2 Å². The predicted octanol–water partition coefficient (Wildman–Crippen LogP) is 3.15. The SMILES string of the molecule is CCC(N)CC(O)c1ccc(Cl)c(Cl)c1. The average molecular weight is 248 g/mol. The van der Waals surface area contributed by atoms with Crippen molar-refractivity contribution in [3.05, 3.63) is 33.8 Å². The number of nitrogens with two attached hydrogens (primary N) is 1. The fourth-order valence-electron chi connectivity index (χ4n) is 1.31. The lowest BCUT2D eigenvalue weighted by Crippen LogP contribution is -2.21. The van der Waals surface area contributed by atoms with Gasteiger partial charge in [-0.25, -0.2) is 0 Å². The molecule has 15 heavy (non-hydrogen) atoms. The minimum Gasteiger partial charge on any atom is -0.388 e. The first kappa shape index (κ1) is 12.8. The van der Waals surface area contributed by atoms with Crippen LogP contribution in [0.3, 0.4) is 0 Å². The van der Waals surface area contributed by atoms with Crippen LogP contribution < -0.4 is 5.73 Å². The van der Waals surface area contributed by atoms with E-state index in [1.807, 2.05) is 6.92 Å². The molecular formula is C11H15Cl2NO. The van der Waals surface area contributed by atoms with Gasteiger partial charge in [0.1, 0.15) is 0 Å². The van der Waals surface area contributed by atoms with Crippen LogP contribution in [-0.4, -0.2) is 11.1 Å². The van der Waals surface area contributed by atoms with Gasteiger partial charge in [-0.05, 0) is 30.5 Å². The highest BCUT2D eigenvalue weighted by atomic mass is 35.5. The molecule has 4 heteroatoms. The molecule has 0 spiro atoms. The molecular weight excluding hydrogens is 233 g/mol. The Labute approximate surface area is 100.0 Å². The van der Waals surface area contributed by atoms with Gasteiger partial charge in [-0.3, -0.25) is 0 Å². The summed E-state index contributed by atoms with van der Waals surface area (Å²) in [5.41, 5.74) is 6.52. The quantitative estimate of drug-likeness (QED) is 0.859. The van der Waals surface area contributed by atoms with Crippen LogP contribution in [-0.2, 0) is 0 Å². The minimum atomic E-state index is -0.574. The average Bonchev–Trinajstić information content (AvgIpc) is 2.21. The van der Waals surface area contributed by atoms with Crippen molar-refractivity contribution in [3.8, 4) is 0 Å². The van der Waals surface area contributed by atoms with Crippen LogP contribution in [0.25, 0.3) is 0 Å². The van der Waals surface area contributed by atoms with Crippen molar-refractivity contribution in [2.75, 3.05) is 0 Å². The van der Waals surface area contributed by atoms with Crippen molar-refractivity contribution in [2.45, 2.75) is 31.9 Å². The molecule has 2 atom stereocenters. The summed E-state index contributed by atoms with van der Waals surface area (Å²) in [4.78, 5) is 0. The molecule has 0 fully saturated rings. The van der Waals surface area contributed by atoms with Crippen molar-refractivity contribution in [2.24, 2.45) is 5.73 Å². The van der Waals surface area contributed by atoms with Crippen molar-refractivity contribution >= 4 is 23.2 Å². The van der Waals surface area contributed by atoms with Crippen LogP contribution in [0.4, 0.5) is 0 Å². The van der Waals surface area contributed by atoms with Crippen molar-refractivity contribution in [1.29, 1.82) is 0 Å². The van der Waals surface area contributed by atoms with Gasteiger partial charge in [0.25, 0.3) is 0 Å². The van der Waals surface area contributed by atoms with Gasteiger partial charge < -0.3 is 10.8 Å². The highest BCUT2D eigenvalue weighted by Crippen LogP contribution is 2.27. The fraction of sp³-hybridized carbons (Fsp3) is 0.455. The summed E-state index contributed by atoms with van der Waals surface area (Å²) >= 11 is 11.6. The van der Waals surface area contributed by atoms with Gasteiger partial charge in [-0.15, -0.1) is 0 Å². The molecule has 1 aromatic rings. The second kappa shape index (κ2) is 5.71. The van der Waals surface area contributed by atoms with Gasteiger partial charge in [-0.2, -0.15) is 0 Å². The Morgan fingerprint density at radius 2 is 2.00 bits per heavy atom. The van der Waals surface area contributed by atoms with E-state index in [0.717, 1.165) is 12.0 Å². The van der Waals surface area contributed by atoms with E-state index in [4.69, 9.17) is 28.9 Å². The second-order valence-corrected chi connectivity index (χ2v) is 4.41. The third kappa shape index (κ3) is 3.65. The maximum absolute atomic E-state index is 9.86. The van der Waals surface area contributed by atoms with Gasteiger partial charge in [0.05, 0.1) is 16.1 Å². The largest absolute Gasteiger partial charge is 0.388 e. The summed E-state index contributed by atoms with van der Waals surface area (Å²) in [6.07, 6.45) is 0.807. The first-order chi connectivity index (χ1) is 7.04. The Bertz CT molecular complexity index is 330. The van der Waals surface area contributed by atoms with Crippen LogP contribution in [0, 0.1) is 0 Å². The Kier molecular flexibility index (Phi) is 4.87. The summed E-state index contributed by atoms with van der Waals surface area (Å²) in [7, 11) is 0. The number of hydrogen-bond acceptors (Lipinski definition) is 2. The van der Waals surface area contributed by atoms with Gasteiger partial charge in [-0.1, -0.05) is 36.2 Å². The monoisotopic (exact) mass is 247 g/mol. The number of rotatable bonds is 4. The van der Waals surface area contributed by atoms with Crippen molar-refractivity contribution < 1.29 is 5.11 Å². The van der Waals surface area contributed by atoms with Gasteiger partial charge >= 0.3 is 0 Å². The zero-order valence-corrected chi connectivity index (χ0v) is 10.1. The normalized spacial score (nSPS) is 15.0. The molecule has 3 N–H and O–H groups in total. The third-order valence-electron chi connectivity index (χ3n) is 2.38. The number of aliphatic hydroxyl groups excluding tert-OH is 1. The van der Waals surface area contributed by atoms with E-state index in [1.165, 1.54) is 0 Å². The molecule has 1 rings (SSSR count). The summed E-state index contributed by atoms with van der Waals surface area (Å²) in [6.45, 7) is 1.99. The van der Waals surface area contributed by atoms with Crippen LogP contribution in [0.15, 0.2) is 18.2 Å². The summed E-state index contributed by atoms with van der Waals surface area (Å²) in [6, 6.07) is 5.13. The van der Waals surface area contributed by atoms with E-state index in [9.17, 15) is 5.11 Å². The predicted molar refractivity (Wildman–Crippen MR) is 64.3 cm³/mol. The summed E-state index contributed by atoms with van der Waals surface area (Å²) in [5.74, 6) is 0. The Hall–Kier alpha value is -0.280. The number of halogens is 2. The maximum Gasteiger partial charge on any atom is 0.0805 e. The van der Waals surface area contributed by atoms with E-state index >= 15 is 0 Å². The number of hydrogen-bond donors (Lipinski definition) is 2. The molecule has 0 bridgehead atoms. The zero-order valence-electron chi connectivity index (χ0n) is 8.58. The highest BCUT2D eigenvalue weighted by Gasteiger charge is 2.12. The second-order valence-electron chi connectivity index (χ2n) is 3.59. The third-order valence-corrected chi connectivity index (χ3v) is 3.12. The Morgan fingerprint density at radius 1 is 1.33 bits per heavy atom. The van der Waals surface area contributed by atoms with Crippen molar-refractivity contribution in [3.63, 3.8) is 0 Å². The summed E-state index contributed by atoms with van der Waals surface area (Å²) in [5, 5.41) is 10.8. The van der Waals surface area contributed by atoms with E-state index in [2.05, 4.69) is 0 Å². The van der Waals surface area contributed by atoms with Crippen LogP contribution in [0.5, 0.6) is 0 Å². The number of aliphatic hydroxyl groups is 1. The van der Waals surface area contributed by atoms with Crippen molar-refractivity contribution in [1.82, 2.24) is 0 Å². The molecule has 0 radical (unpaired) electrons. The first-order valence-corrected chi connectivity index (χ1v) is 5.68. The molecule has 0 aliphatic carbocycles. The van der Waals surface area contributed by atoms with Gasteiger partial charge in [0.15, 0.2) is 0 Å². The lowest BCUT2D eigenvalue weighted by Gasteiger charge is -2.15. The molecule has 84 valence electrons. The molecule has 0 heterocycles. The van der Waals surface area contributed by atoms with Crippen LogP contribution in [0.2, 0.25) is 10.0 Å². The zero-order chi connectivity index (χ0) is 11.4. The molecule has 0 aliphatic rings. The first-order valence-electron chi connectivity index (χ1n) is 4.93. The summed E-state index contributed by atoms with van der Waals surface area (Å²) < 4.78 is 0. The van der Waals surface area contributed by atoms with Gasteiger partial charge in [0.2, 0.25) is 0 Å². The van der Waals surface area contributed by atoms with E-state index in [0.29, 0.717) is 16.5 Å². The molecule has 0 saturated heterocycles. The standard InChI is InChI=1S/C11H15Cl2NO/c1-2-8(14)6-11(15)7-3-4-9(12)10(13)5-7/h3-5,8,11,15H,2,6,14H2,1H3. The molecule has 2 nitrogen and oxygen atoms in total. The molecule has 2 unspecified atom stereocenters. The Morgan fingerprint density at radius 3 is 2.53 bits per heavy atom.